The first-order valence-corrected chi connectivity index (χ1v) is 7.78. The highest BCUT2D eigenvalue weighted by molar-refractivity contribution is 6.00. The lowest BCUT2D eigenvalue weighted by Crippen LogP contribution is -2.42. The molecule has 2 fully saturated rings. The Bertz CT molecular complexity index is 503. The van der Waals surface area contributed by atoms with Crippen molar-refractivity contribution in [1.29, 1.82) is 0 Å². The zero-order valence-corrected chi connectivity index (χ0v) is 12.8. The molecule has 2 aliphatic rings. The summed E-state index contributed by atoms with van der Waals surface area (Å²) in [7, 11) is 3.19. The van der Waals surface area contributed by atoms with Crippen LogP contribution in [0.1, 0.15) is 42.5 Å². The number of nitrogens with zero attached hydrogens (tertiary/aromatic N) is 1. The number of hydrogen-bond donors (Lipinski definition) is 0. The van der Waals surface area contributed by atoms with Crippen molar-refractivity contribution >= 4 is 5.91 Å². The molecule has 4 nitrogen and oxygen atoms in total. The number of amides is 1. The molecule has 0 aromatic heterocycles. The number of carbonyl (C=O) groups excluding carboxylic acids is 1. The van der Waals surface area contributed by atoms with E-state index in [-0.39, 0.29) is 5.91 Å². The lowest BCUT2D eigenvalue weighted by atomic mass is 9.78. The Morgan fingerprint density at radius 1 is 1.10 bits per heavy atom. The Morgan fingerprint density at radius 2 is 1.76 bits per heavy atom. The van der Waals surface area contributed by atoms with Crippen LogP contribution in [0.5, 0.6) is 11.5 Å². The fourth-order valence-corrected chi connectivity index (χ4v) is 3.56. The van der Waals surface area contributed by atoms with E-state index in [1.54, 1.807) is 14.2 Å². The summed E-state index contributed by atoms with van der Waals surface area (Å²) in [6.45, 7) is 0.848. The molecule has 114 valence electrons. The quantitative estimate of drug-likeness (QED) is 0.855. The Kier molecular flexibility index (Phi) is 4.04. The average molecular weight is 289 g/mol. The standard InChI is InChI=1S/C17H23NO3/c1-20-14-9-4-10-15(21-2)16(14)17(19)18-11-5-8-13(18)12-6-3-7-12/h4,9-10,12-13H,3,5-8,11H2,1-2H3. The van der Waals surface area contributed by atoms with Crippen molar-refractivity contribution in [2.24, 2.45) is 5.92 Å². The molecule has 0 bridgehead atoms. The van der Waals surface area contributed by atoms with Crippen molar-refractivity contribution in [2.75, 3.05) is 20.8 Å². The minimum Gasteiger partial charge on any atom is -0.496 e. The molecule has 0 spiro atoms. The molecule has 0 N–H and O–H groups in total. The van der Waals surface area contributed by atoms with E-state index in [0.29, 0.717) is 29.0 Å². The highest BCUT2D eigenvalue weighted by Crippen LogP contribution is 2.39. The maximum Gasteiger partial charge on any atom is 0.261 e. The number of rotatable bonds is 4. The maximum atomic E-state index is 13.0. The van der Waals surface area contributed by atoms with Crippen LogP contribution in [0.2, 0.25) is 0 Å². The second-order valence-electron chi connectivity index (χ2n) is 5.94. The highest BCUT2D eigenvalue weighted by atomic mass is 16.5. The van der Waals surface area contributed by atoms with Crippen molar-refractivity contribution in [3.8, 4) is 11.5 Å². The SMILES string of the molecule is COc1cccc(OC)c1C(=O)N1CCCC1C1CCC1. The van der Waals surface area contributed by atoms with Gasteiger partial charge in [-0.1, -0.05) is 12.5 Å². The van der Waals surface area contributed by atoms with Crippen molar-refractivity contribution in [3.63, 3.8) is 0 Å². The summed E-state index contributed by atoms with van der Waals surface area (Å²) in [6, 6.07) is 5.90. The number of hydrogen-bond acceptors (Lipinski definition) is 3. The summed E-state index contributed by atoms with van der Waals surface area (Å²) in [5, 5.41) is 0. The summed E-state index contributed by atoms with van der Waals surface area (Å²) >= 11 is 0. The molecule has 21 heavy (non-hydrogen) atoms. The number of likely N-dealkylation sites (tertiary alicyclic amines) is 1. The van der Waals surface area contributed by atoms with Crippen LogP contribution in [0.4, 0.5) is 0 Å². The Morgan fingerprint density at radius 3 is 2.29 bits per heavy atom. The minimum absolute atomic E-state index is 0.0544. The van der Waals surface area contributed by atoms with Gasteiger partial charge < -0.3 is 14.4 Å². The summed E-state index contributed by atoms with van der Waals surface area (Å²) in [5.74, 6) is 1.94. The molecule has 1 aromatic rings. The van der Waals surface area contributed by atoms with E-state index < -0.39 is 0 Å². The predicted octanol–water partition coefficient (Wildman–Crippen LogP) is 3.11. The molecule has 1 aromatic carbocycles. The normalized spacial score (nSPS) is 22.0. The fourth-order valence-electron chi connectivity index (χ4n) is 3.56. The van der Waals surface area contributed by atoms with Crippen LogP contribution in [0.3, 0.4) is 0 Å². The second kappa shape index (κ2) is 5.96. The Labute approximate surface area is 126 Å². The van der Waals surface area contributed by atoms with Gasteiger partial charge >= 0.3 is 0 Å². The van der Waals surface area contributed by atoms with Crippen LogP contribution in [-0.2, 0) is 0 Å². The van der Waals surface area contributed by atoms with Gasteiger partial charge in [-0.3, -0.25) is 4.79 Å². The smallest absolute Gasteiger partial charge is 0.261 e. The van der Waals surface area contributed by atoms with Crippen molar-refractivity contribution < 1.29 is 14.3 Å². The van der Waals surface area contributed by atoms with Gasteiger partial charge in [-0.15, -0.1) is 0 Å². The molecular formula is C17H23NO3. The number of benzene rings is 1. The molecule has 1 saturated carbocycles. The molecule has 1 heterocycles. The highest BCUT2D eigenvalue weighted by Gasteiger charge is 2.38. The number of ether oxygens (including phenoxy) is 2. The van der Waals surface area contributed by atoms with E-state index in [4.69, 9.17) is 9.47 Å². The Balaban J connectivity index is 1.90. The molecule has 1 amide bonds. The van der Waals surface area contributed by atoms with Crippen LogP contribution in [0, 0.1) is 5.92 Å². The topological polar surface area (TPSA) is 38.8 Å². The summed E-state index contributed by atoms with van der Waals surface area (Å²) < 4.78 is 10.8. The Hall–Kier alpha value is -1.71. The lowest BCUT2D eigenvalue weighted by molar-refractivity contribution is 0.0620. The van der Waals surface area contributed by atoms with Gasteiger partial charge in [-0.25, -0.2) is 0 Å². The van der Waals surface area contributed by atoms with Gasteiger partial charge in [0.2, 0.25) is 0 Å². The molecule has 1 unspecified atom stereocenters. The van der Waals surface area contributed by atoms with E-state index in [2.05, 4.69) is 0 Å². The fraction of sp³-hybridized carbons (Fsp3) is 0.588. The van der Waals surface area contributed by atoms with E-state index in [1.165, 1.54) is 19.3 Å². The summed E-state index contributed by atoms with van der Waals surface area (Å²) in [5.41, 5.74) is 0.564. The molecule has 3 rings (SSSR count). The van der Waals surface area contributed by atoms with Crippen molar-refractivity contribution in [3.05, 3.63) is 23.8 Å². The van der Waals surface area contributed by atoms with E-state index in [1.807, 2.05) is 23.1 Å². The van der Waals surface area contributed by atoms with Crippen molar-refractivity contribution in [1.82, 2.24) is 4.90 Å². The molecule has 1 saturated heterocycles. The average Bonchev–Trinajstić information content (AvgIpc) is 2.92. The maximum absolute atomic E-state index is 13.0. The third-order valence-electron chi connectivity index (χ3n) is 4.90. The van der Waals surface area contributed by atoms with Gasteiger partial charge in [0.1, 0.15) is 17.1 Å². The van der Waals surface area contributed by atoms with Gasteiger partial charge in [0.05, 0.1) is 14.2 Å². The van der Waals surface area contributed by atoms with Crippen LogP contribution in [0.15, 0.2) is 18.2 Å². The molecule has 1 aliphatic carbocycles. The van der Waals surface area contributed by atoms with Gasteiger partial charge in [0.15, 0.2) is 0 Å². The minimum atomic E-state index is 0.0544. The molecular weight excluding hydrogens is 266 g/mol. The van der Waals surface area contributed by atoms with Gasteiger partial charge in [0, 0.05) is 12.6 Å². The monoisotopic (exact) mass is 289 g/mol. The molecule has 1 atom stereocenters. The third-order valence-corrected chi connectivity index (χ3v) is 4.90. The van der Waals surface area contributed by atoms with Crippen LogP contribution < -0.4 is 9.47 Å². The number of methoxy groups -OCH3 is 2. The first-order chi connectivity index (χ1) is 10.3. The first kappa shape index (κ1) is 14.2. The number of carbonyl (C=O) groups is 1. The largest absolute Gasteiger partial charge is 0.496 e. The molecule has 4 heteroatoms. The predicted molar refractivity (Wildman–Crippen MR) is 80.9 cm³/mol. The van der Waals surface area contributed by atoms with E-state index in [0.717, 1.165) is 19.4 Å². The zero-order chi connectivity index (χ0) is 14.8. The van der Waals surface area contributed by atoms with Gasteiger partial charge in [-0.05, 0) is 43.7 Å². The van der Waals surface area contributed by atoms with Crippen LogP contribution in [0.25, 0.3) is 0 Å². The van der Waals surface area contributed by atoms with E-state index >= 15 is 0 Å². The zero-order valence-electron chi connectivity index (χ0n) is 12.8. The third kappa shape index (κ3) is 2.47. The summed E-state index contributed by atoms with van der Waals surface area (Å²) in [6.07, 6.45) is 6.06. The van der Waals surface area contributed by atoms with E-state index in [9.17, 15) is 4.79 Å². The first-order valence-electron chi connectivity index (χ1n) is 7.78. The lowest BCUT2D eigenvalue weighted by Gasteiger charge is -2.37. The second-order valence-corrected chi connectivity index (χ2v) is 5.94. The van der Waals surface area contributed by atoms with Gasteiger partial charge in [-0.2, -0.15) is 0 Å². The van der Waals surface area contributed by atoms with Crippen molar-refractivity contribution in [2.45, 2.75) is 38.1 Å². The summed E-state index contributed by atoms with van der Waals surface area (Å²) in [4.78, 5) is 15.1. The molecule has 0 radical (unpaired) electrons. The van der Waals surface area contributed by atoms with Crippen LogP contribution in [-0.4, -0.2) is 37.6 Å². The molecule has 1 aliphatic heterocycles. The van der Waals surface area contributed by atoms with Gasteiger partial charge in [0.25, 0.3) is 5.91 Å². The van der Waals surface area contributed by atoms with Crippen LogP contribution >= 0.6 is 0 Å².